The summed E-state index contributed by atoms with van der Waals surface area (Å²) in [6.45, 7) is 0. The summed E-state index contributed by atoms with van der Waals surface area (Å²) < 4.78 is 1.71. The van der Waals surface area contributed by atoms with Gasteiger partial charge in [0, 0.05) is 21.4 Å². The van der Waals surface area contributed by atoms with Crippen LogP contribution in [0, 0.1) is 0 Å². The molecule has 31 heavy (non-hydrogen) atoms. The van der Waals surface area contributed by atoms with E-state index in [2.05, 4.69) is 10.3 Å². The molecule has 6 nitrogen and oxygen atoms in total. The summed E-state index contributed by atoms with van der Waals surface area (Å²) >= 11 is 7.68. The van der Waals surface area contributed by atoms with E-state index in [0.29, 0.717) is 21.6 Å². The first kappa shape index (κ1) is 19.7. The normalized spacial score (nSPS) is 14.4. The number of aromatic nitrogens is 3. The molecule has 4 aromatic rings. The zero-order chi connectivity index (χ0) is 21.4. The fourth-order valence-electron chi connectivity index (χ4n) is 3.60. The molecule has 0 bridgehead atoms. The lowest BCUT2D eigenvalue weighted by Crippen LogP contribution is -2.55. The van der Waals surface area contributed by atoms with Gasteiger partial charge in [0.25, 0.3) is 6.17 Å². The van der Waals surface area contributed by atoms with Gasteiger partial charge in [0.15, 0.2) is 0 Å². The molecule has 0 unspecified atom stereocenters. The Balaban J connectivity index is 1.59. The van der Waals surface area contributed by atoms with E-state index >= 15 is 0 Å². The average Bonchev–Trinajstić information content (AvgIpc) is 2.78. The monoisotopic (exact) mass is 449 g/mol. The number of anilines is 1. The minimum absolute atomic E-state index is 0.181. The maximum Gasteiger partial charge on any atom is 0.325 e. The number of nitrogens with one attached hydrogen (secondary N) is 2. The van der Waals surface area contributed by atoms with Crippen LogP contribution in [-0.2, 0) is 5.75 Å². The lowest BCUT2D eigenvalue weighted by Gasteiger charge is -2.22. The van der Waals surface area contributed by atoms with Gasteiger partial charge in [-0.3, -0.25) is 9.78 Å². The lowest BCUT2D eigenvalue weighted by molar-refractivity contribution is -0.759. The molecule has 8 heteroatoms. The molecule has 0 radical (unpaired) electrons. The molecule has 154 valence electrons. The van der Waals surface area contributed by atoms with Crippen LogP contribution in [0.4, 0.5) is 5.69 Å². The molecular weight excluding hydrogens is 432 g/mol. The van der Waals surface area contributed by atoms with Gasteiger partial charge in [0.2, 0.25) is 5.16 Å². The molecule has 1 aliphatic rings. The quantitative estimate of drug-likeness (QED) is 0.319. The number of para-hydroxylation sites is 1. The number of phenolic OH excluding ortho intramolecular Hbond substituents is 1. The second kappa shape index (κ2) is 8.09. The molecule has 1 atom stereocenters. The van der Waals surface area contributed by atoms with Gasteiger partial charge < -0.3 is 10.4 Å². The largest absolute Gasteiger partial charge is 0.508 e. The van der Waals surface area contributed by atoms with E-state index in [1.54, 1.807) is 16.8 Å². The third-order valence-electron chi connectivity index (χ3n) is 5.11. The van der Waals surface area contributed by atoms with Crippen LogP contribution < -0.4 is 15.6 Å². The van der Waals surface area contributed by atoms with E-state index in [-0.39, 0.29) is 11.3 Å². The molecule has 0 amide bonds. The second-order valence-electron chi connectivity index (χ2n) is 7.12. The Morgan fingerprint density at radius 2 is 1.77 bits per heavy atom. The summed E-state index contributed by atoms with van der Waals surface area (Å²) in [5, 5.41) is 19.1. The van der Waals surface area contributed by atoms with Crippen LogP contribution in [0.15, 0.2) is 82.7 Å². The fourth-order valence-corrected chi connectivity index (χ4v) is 4.73. The van der Waals surface area contributed by atoms with Crippen molar-refractivity contribution in [3.05, 3.63) is 99.3 Å². The topological polar surface area (TPSA) is 81.9 Å². The van der Waals surface area contributed by atoms with E-state index in [1.807, 2.05) is 60.7 Å². The predicted octanol–water partition coefficient (Wildman–Crippen LogP) is 4.35. The number of phenols is 1. The van der Waals surface area contributed by atoms with Crippen LogP contribution in [0.25, 0.3) is 11.3 Å². The summed E-state index contributed by atoms with van der Waals surface area (Å²) in [5.41, 5.74) is 3.75. The Morgan fingerprint density at radius 1 is 1.03 bits per heavy atom. The number of halogens is 1. The van der Waals surface area contributed by atoms with Crippen molar-refractivity contribution in [2.45, 2.75) is 17.1 Å². The summed E-state index contributed by atoms with van der Waals surface area (Å²) in [6, 6.07) is 22.1. The lowest BCUT2D eigenvalue weighted by atomic mass is 10.0. The fraction of sp³-hybridized carbons (Fsp3) is 0.0870. The Bertz CT molecular complexity index is 1320. The number of hydrogen-bond donors (Lipinski definition) is 3. The molecule has 1 aromatic heterocycles. The molecule has 0 saturated carbocycles. The van der Waals surface area contributed by atoms with Crippen molar-refractivity contribution in [1.82, 2.24) is 10.1 Å². The van der Waals surface area contributed by atoms with Crippen LogP contribution in [0.1, 0.15) is 17.3 Å². The van der Waals surface area contributed by atoms with Crippen LogP contribution in [0.5, 0.6) is 5.75 Å². The van der Waals surface area contributed by atoms with Crippen molar-refractivity contribution in [3.63, 3.8) is 0 Å². The highest BCUT2D eigenvalue weighted by Gasteiger charge is 2.37. The minimum Gasteiger partial charge on any atom is -0.508 e. The zero-order valence-corrected chi connectivity index (χ0v) is 17.8. The van der Waals surface area contributed by atoms with Gasteiger partial charge in [0.05, 0.1) is 11.3 Å². The number of hydrogen-bond acceptors (Lipinski definition) is 5. The Labute approximate surface area is 187 Å². The van der Waals surface area contributed by atoms with Gasteiger partial charge in [-0.1, -0.05) is 53.7 Å². The number of H-pyrrole nitrogens is 1. The molecule has 3 N–H and O–H groups in total. The van der Waals surface area contributed by atoms with Gasteiger partial charge in [-0.05, 0) is 52.7 Å². The van der Waals surface area contributed by atoms with Crippen LogP contribution in [0.2, 0.25) is 5.02 Å². The van der Waals surface area contributed by atoms with E-state index in [0.717, 1.165) is 22.4 Å². The first-order valence-electron chi connectivity index (χ1n) is 9.67. The summed E-state index contributed by atoms with van der Waals surface area (Å²) in [7, 11) is 0. The van der Waals surface area contributed by atoms with E-state index in [1.165, 1.54) is 11.8 Å². The van der Waals surface area contributed by atoms with Crippen molar-refractivity contribution in [1.29, 1.82) is 0 Å². The van der Waals surface area contributed by atoms with Crippen molar-refractivity contribution in [2.24, 2.45) is 0 Å². The molecule has 0 saturated heterocycles. The number of nitrogens with zero attached hydrogens (tertiary/aromatic N) is 2. The molecule has 0 spiro atoms. The highest BCUT2D eigenvalue weighted by atomic mass is 35.5. The number of benzene rings is 3. The molecule has 0 aliphatic carbocycles. The Morgan fingerprint density at radius 3 is 2.58 bits per heavy atom. The SMILES string of the molecule is O=c1[nH]c(SCc2ccccc2Cl)n[n+]2c1-c1ccccc1N[C@@H]2c1ccc(O)cc1. The third kappa shape index (κ3) is 3.78. The maximum absolute atomic E-state index is 13.1. The molecule has 1 aliphatic heterocycles. The van der Waals surface area contributed by atoms with Crippen molar-refractivity contribution in [3.8, 4) is 17.0 Å². The zero-order valence-electron chi connectivity index (χ0n) is 16.2. The van der Waals surface area contributed by atoms with E-state index in [9.17, 15) is 9.90 Å². The van der Waals surface area contributed by atoms with Crippen molar-refractivity contribution in [2.75, 3.05) is 5.32 Å². The van der Waals surface area contributed by atoms with Crippen LogP contribution >= 0.6 is 23.4 Å². The Hall–Kier alpha value is -3.29. The van der Waals surface area contributed by atoms with Gasteiger partial charge in [-0.2, -0.15) is 0 Å². The van der Waals surface area contributed by atoms with Gasteiger partial charge in [-0.25, -0.2) is 0 Å². The van der Waals surface area contributed by atoms with E-state index < -0.39 is 6.17 Å². The second-order valence-corrected chi connectivity index (χ2v) is 8.49. The number of fused-ring (bicyclic) bond motifs is 3. The van der Waals surface area contributed by atoms with Gasteiger partial charge in [0.1, 0.15) is 5.75 Å². The highest BCUT2D eigenvalue weighted by molar-refractivity contribution is 7.98. The molecular formula is C23H18ClN4O2S+. The molecule has 5 rings (SSSR count). The number of rotatable bonds is 4. The van der Waals surface area contributed by atoms with Crippen LogP contribution in [-0.4, -0.2) is 15.2 Å². The Kier molecular flexibility index (Phi) is 5.13. The molecule has 3 aromatic carbocycles. The molecule has 2 heterocycles. The summed E-state index contributed by atoms with van der Waals surface area (Å²) in [4.78, 5) is 16.0. The van der Waals surface area contributed by atoms with Gasteiger partial charge in [-0.15, -0.1) is 0 Å². The average molecular weight is 450 g/mol. The minimum atomic E-state index is -0.396. The van der Waals surface area contributed by atoms with Crippen molar-refractivity contribution < 1.29 is 9.79 Å². The summed E-state index contributed by atoms with van der Waals surface area (Å²) in [5.74, 6) is 0.760. The van der Waals surface area contributed by atoms with Crippen LogP contribution in [0.3, 0.4) is 0 Å². The number of aromatic hydroxyl groups is 1. The maximum atomic E-state index is 13.1. The molecule has 0 fully saturated rings. The van der Waals surface area contributed by atoms with E-state index in [4.69, 9.17) is 16.7 Å². The smallest absolute Gasteiger partial charge is 0.325 e. The third-order valence-corrected chi connectivity index (χ3v) is 6.39. The standard InChI is InChI=1S/C23H17ClN4O2S/c24-18-7-3-1-5-15(18)13-31-23-26-22(30)20-17-6-2-4-8-19(17)25-21(28(20)27-23)14-9-11-16(29)12-10-14/h1-12,21H,13H2,(H2,26,27,29,30)/p+1/t21-/m0/s1. The first-order chi connectivity index (χ1) is 15.1. The highest BCUT2D eigenvalue weighted by Crippen LogP contribution is 2.32. The predicted molar refractivity (Wildman–Crippen MR) is 121 cm³/mol. The summed E-state index contributed by atoms with van der Waals surface area (Å²) in [6.07, 6.45) is -0.396. The first-order valence-corrected chi connectivity index (χ1v) is 11.0. The number of aromatic amines is 1. The number of thioether (sulfide) groups is 1. The van der Waals surface area contributed by atoms with Crippen molar-refractivity contribution >= 4 is 29.1 Å². The van der Waals surface area contributed by atoms with Gasteiger partial charge >= 0.3 is 11.3 Å².